The summed E-state index contributed by atoms with van der Waals surface area (Å²) in [6.07, 6.45) is 0. The second-order valence-corrected chi connectivity index (χ2v) is 8.51. The van der Waals surface area contributed by atoms with E-state index >= 15 is 0 Å². The minimum Gasteiger partial charge on any atom is -0.491 e. The van der Waals surface area contributed by atoms with E-state index in [1.807, 2.05) is 37.4 Å². The van der Waals surface area contributed by atoms with Crippen molar-refractivity contribution in [3.8, 4) is 5.75 Å². The third-order valence-electron chi connectivity index (χ3n) is 4.71. The zero-order valence-corrected chi connectivity index (χ0v) is 17.8. The molecule has 0 spiro atoms. The number of halogens is 1. The fraction of sp³-hybridized carbons (Fsp3) is 0.400. The Labute approximate surface area is 173 Å². The fourth-order valence-electron chi connectivity index (χ4n) is 3.22. The highest BCUT2D eigenvalue weighted by atomic mass is 35.5. The largest absolute Gasteiger partial charge is 0.491 e. The van der Waals surface area contributed by atoms with Gasteiger partial charge in [0.05, 0.1) is 17.5 Å². The summed E-state index contributed by atoms with van der Waals surface area (Å²) in [7, 11) is 0.0310. The van der Waals surface area contributed by atoms with Gasteiger partial charge in [0.25, 0.3) is 0 Å². The molecule has 0 saturated carbocycles. The van der Waals surface area contributed by atoms with Gasteiger partial charge in [-0.1, -0.05) is 30.3 Å². The molecule has 0 bridgehead atoms. The summed E-state index contributed by atoms with van der Waals surface area (Å²) < 4.78 is 38.7. The highest BCUT2D eigenvalue weighted by Crippen LogP contribution is 2.31. The van der Waals surface area contributed by atoms with Crippen LogP contribution in [0.25, 0.3) is 0 Å². The Kier molecular flexibility index (Phi) is 8.27. The minimum absolute atomic E-state index is 0. The molecule has 0 aliphatic carbocycles. The van der Waals surface area contributed by atoms with E-state index in [1.54, 1.807) is 35.7 Å². The van der Waals surface area contributed by atoms with Crippen LogP contribution in [0.4, 0.5) is 0 Å². The average molecular weight is 427 g/mol. The molecule has 154 valence electrons. The first-order chi connectivity index (χ1) is 13.0. The Hall–Kier alpha value is -1.64. The van der Waals surface area contributed by atoms with Crippen LogP contribution in [0.15, 0.2) is 59.5 Å². The number of hydrogen-bond acceptors (Lipinski definition) is 5. The van der Waals surface area contributed by atoms with Gasteiger partial charge < -0.3 is 14.4 Å². The second kappa shape index (κ2) is 10.2. The van der Waals surface area contributed by atoms with E-state index < -0.39 is 10.0 Å². The molecule has 2 aromatic carbocycles. The number of likely N-dealkylation sites (N-methyl/N-ethyl adjacent to an activating group) is 1. The summed E-state index contributed by atoms with van der Waals surface area (Å²) in [4.78, 5) is 2.45. The average Bonchev–Trinajstić information content (AvgIpc) is 2.69. The number of piperazine rings is 1. The maximum absolute atomic E-state index is 13.3. The highest BCUT2D eigenvalue weighted by Gasteiger charge is 2.36. The predicted octanol–water partition coefficient (Wildman–Crippen LogP) is 2.81. The third kappa shape index (κ3) is 5.24. The van der Waals surface area contributed by atoms with Crippen LogP contribution in [-0.4, -0.2) is 64.6 Å². The van der Waals surface area contributed by atoms with Crippen molar-refractivity contribution in [1.29, 1.82) is 0 Å². The molecule has 8 heteroatoms. The van der Waals surface area contributed by atoms with Gasteiger partial charge in [-0.3, -0.25) is 0 Å². The molecule has 1 aliphatic heterocycles. The second-order valence-electron chi connectivity index (χ2n) is 6.62. The van der Waals surface area contributed by atoms with Gasteiger partial charge in [0.15, 0.2) is 0 Å². The Balaban J connectivity index is 0.00000280. The van der Waals surface area contributed by atoms with E-state index in [0.29, 0.717) is 38.6 Å². The van der Waals surface area contributed by atoms with Crippen LogP contribution in [-0.2, 0) is 14.8 Å². The molecule has 1 heterocycles. The molecule has 0 radical (unpaired) electrons. The molecular formula is C20H27ClN2O4S. The van der Waals surface area contributed by atoms with Crippen LogP contribution in [0.1, 0.15) is 11.6 Å². The van der Waals surface area contributed by atoms with Crippen molar-refractivity contribution >= 4 is 22.4 Å². The van der Waals surface area contributed by atoms with Gasteiger partial charge in [0.1, 0.15) is 12.4 Å². The van der Waals surface area contributed by atoms with Gasteiger partial charge in [-0.15, -0.1) is 12.4 Å². The lowest BCUT2D eigenvalue weighted by molar-refractivity contribution is 0.146. The van der Waals surface area contributed by atoms with Gasteiger partial charge in [0, 0.05) is 26.7 Å². The van der Waals surface area contributed by atoms with Crippen LogP contribution in [0.5, 0.6) is 5.75 Å². The first-order valence-electron chi connectivity index (χ1n) is 8.99. The zero-order valence-electron chi connectivity index (χ0n) is 16.2. The van der Waals surface area contributed by atoms with Crippen molar-refractivity contribution < 1.29 is 17.9 Å². The quantitative estimate of drug-likeness (QED) is 0.637. The molecule has 1 aliphatic rings. The number of sulfonamides is 1. The molecule has 1 fully saturated rings. The number of rotatable bonds is 7. The standard InChI is InChI=1S/C20H26N2O4S.ClH/c1-21-12-13-22(20(16-21)17-6-4-3-5-7-17)27(23,24)19-10-8-18(9-11-19)26-15-14-25-2;/h3-11,20H,12-16H2,1-2H3;1H. The predicted molar refractivity (Wildman–Crippen MR) is 112 cm³/mol. The van der Waals surface area contributed by atoms with Crippen molar-refractivity contribution in [3.05, 3.63) is 60.2 Å². The first-order valence-corrected chi connectivity index (χ1v) is 10.4. The van der Waals surface area contributed by atoms with Gasteiger partial charge in [-0.05, 0) is 36.9 Å². The molecule has 1 unspecified atom stereocenters. The van der Waals surface area contributed by atoms with Gasteiger partial charge in [-0.25, -0.2) is 8.42 Å². The molecule has 2 aromatic rings. The third-order valence-corrected chi connectivity index (χ3v) is 6.63. The van der Waals surface area contributed by atoms with Crippen molar-refractivity contribution in [2.45, 2.75) is 10.9 Å². The maximum atomic E-state index is 13.3. The number of ether oxygens (including phenoxy) is 2. The number of hydrogen-bond donors (Lipinski definition) is 0. The van der Waals surface area contributed by atoms with E-state index in [1.165, 1.54) is 0 Å². The zero-order chi connectivity index (χ0) is 19.3. The molecule has 1 atom stereocenters. The molecule has 28 heavy (non-hydrogen) atoms. The molecule has 0 amide bonds. The van der Waals surface area contributed by atoms with E-state index in [4.69, 9.17) is 9.47 Å². The molecule has 1 saturated heterocycles. The molecule has 0 N–H and O–H groups in total. The summed E-state index contributed by atoms with van der Waals surface area (Å²) in [5, 5.41) is 0. The lowest BCUT2D eigenvalue weighted by atomic mass is 10.1. The lowest BCUT2D eigenvalue weighted by Gasteiger charge is -2.39. The van der Waals surface area contributed by atoms with Gasteiger partial charge in [-0.2, -0.15) is 4.31 Å². The van der Waals surface area contributed by atoms with Crippen LogP contribution < -0.4 is 4.74 Å². The number of methoxy groups -OCH3 is 1. The van der Waals surface area contributed by atoms with Gasteiger partial charge >= 0.3 is 0 Å². The lowest BCUT2D eigenvalue weighted by Crippen LogP contribution is -2.49. The number of benzene rings is 2. The topological polar surface area (TPSA) is 59.1 Å². The van der Waals surface area contributed by atoms with E-state index in [2.05, 4.69) is 4.90 Å². The molecular weight excluding hydrogens is 400 g/mol. The molecule has 6 nitrogen and oxygen atoms in total. The Morgan fingerprint density at radius 2 is 1.68 bits per heavy atom. The van der Waals surface area contributed by atoms with E-state index in [9.17, 15) is 8.42 Å². The summed E-state index contributed by atoms with van der Waals surface area (Å²) in [6, 6.07) is 16.2. The Morgan fingerprint density at radius 3 is 2.32 bits per heavy atom. The SMILES string of the molecule is COCCOc1ccc(S(=O)(=O)N2CCN(C)CC2c2ccccc2)cc1.Cl. The Morgan fingerprint density at radius 1 is 1.00 bits per heavy atom. The minimum atomic E-state index is -3.60. The van der Waals surface area contributed by atoms with E-state index in [-0.39, 0.29) is 23.3 Å². The van der Waals surface area contributed by atoms with Crippen LogP contribution in [0.3, 0.4) is 0 Å². The van der Waals surface area contributed by atoms with Crippen LogP contribution in [0.2, 0.25) is 0 Å². The van der Waals surface area contributed by atoms with Crippen molar-refractivity contribution in [1.82, 2.24) is 9.21 Å². The monoisotopic (exact) mass is 426 g/mol. The van der Waals surface area contributed by atoms with Crippen molar-refractivity contribution in [2.75, 3.05) is 47.0 Å². The molecule has 0 aromatic heterocycles. The summed E-state index contributed by atoms with van der Waals surface area (Å²) in [5.41, 5.74) is 1.01. The smallest absolute Gasteiger partial charge is 0.243 e. The highest BCUT2D eigenvalue weighted by molar-refractivity contribution is 7.89. The van der Waals surface area contributed by atoms with Crippen molar-refractivity contribution in [2.24, 2.45) is 0 Å². The normalized spacial score (nSPS) is 18.4. The summed E-state index contributed by atoms with van der Waals surface area (Å²) >= 11 is 0. The summed E-state index contributed by atoms with van der Waals surface area (Å²) in [5.74, 6) is 0.629. The maximum Gasteiger partial charge on any atom is 0.243 e. The summed E-state index contributed by atoms with van der Waals surface area (Å²) in [6.45, 7) is 2.75. The van der Waals surface area contributed by atoms with Crippen LogP contribution in [0, 0.1) is 0 Å². The number of nitrogens with zero attached hydrogens (tertiary/aromatic N) is 2. The van der Waals surface area contributed by atoms with Crippen LogP contribution >= 0.6 is 12.4 Å². The first kappa shape index (κ1) is 22.6. The van der Waals surface area contributed by atoms with E-state index in [0.717, 1.165) is 5.56 Å². The van der Waals surface area contributed by atoms with Crippen molar-refractivity contribution in [3.63, 3.8) is 0 Å². The fourth-order valence-corrected chi connectivity index (χ4v) is 4.82. The van der Waals surface area contributed by atoms with Gasteiger partial charge in [0.2, 0.25) is 10.0 Å². The Bertz CT molecular complexity index is 831. The molecule has 3 rings (SSSR count).